The number of nitrogens with zero attached hydrogens (tertiary/aromatic N) is 1. The fourth-order valence-electron chi connectivity index (χ4n) is 1.07. The highest BCUT2D eigenvalue weighted by atomic mass is 19.3. The van der Waals surface area contributed by atoms with Gasteiger partial charge < -0.3 is 9.30 Å². The van der Waals surface area contributed by atoms with Gasteiger partial charge in [0.15, 0.2) is 0 Å². The van der Waals surface area contributed by atoms with E-state index in [2.05, 4.69) is 4.74 Å². The van der Waals surface area contributed by atoms with Gasteiger partial charge in [0, 0.05) is 13.2 Å². The zero-order valence-corrected chi connectivity index (χ0v) is 7.74. The van der Waals surface area contributed by atoms with E-state index in [4.69, 9.17) is 0 Å². The summed E-state index contributed by atoms with van der Waals surface area (Å²) in [6.45, 7) is -1.00. The van der Waals surface area contributed by atoms with Gasteiger partial charge in [-0.2, -0.15) is 0 Å². The van der Waals surface area contributed by atoms with E-state index < -0.39 is 13.0 Å². The van der Waals surface area contributed by atoms with E-state index in [1.807, 2.05) is 0 Å². The van der Waals surface area contributed by atoms with Crippen LogP contribution in [0.4, 0.5) is 8.78 Å². The fraction of sp³-hybridized carbons (Fsp3) is 0.444. The number of rotatable bonds is 5. The predicted octanol–water partition coefficient (Wildman–Crippen LogP) is 1.49. The second kappa shape index (κ2) is 4.85. The number of hydrogen-bond donors (Lipinski definition) is 0. The van der Waals surface area contributed by atoms with Crippen LogP contribution in [0.3, 0.4) is 0 Å². The number of ketones is 1. The summed E-state index contributed by atoms with van der Waals surface area (Å²) in [5.74, 6) is -0.293. The molecule has 0 aliphatic rings. The third kappa shape index (κ3) is 2.92. The van der Waals surface area contributed by atoms with E-state index in [-0.39, 0.29) is 12.4 Å². The first-order valence-corrected chi connectivity index (χ1v) is 4.11. The molecule has 0 bridgehead atoms. The number of ether oxygens (including phenoxy) is 1. The molecule has 0 aliphatic carbocycles. The van der Waals surface area contributed by atoms with Crippen molar-refractivity contribution in [2.75, 3.05) is 13.2 Å². The minimum absolute atomic E-state index is 0.293. The van der Waals surface area contributed by atoms with Gasteiger partial charge in [0.2, 0.25) is 5.78 Å². The molecule has 14 heavy (non-hydrogen) atoms. The van der Waals surface area contributed by atoms with Gasteiger partial charge in [-0.25, -0.2) is 8.78 Å². The van der Waals surface area contributed by atoms with Crippen LogP contribution >= 0.6 is 0 Å². The molecule has 0 atom stereocenters. The molecule has 5 heteroatoms. The number of carbonyl (C=O) groups excluding carboxylic acids is 1. The standard InChI is InChI=1S/C9H11F2NO2/c1-12-4-2-3-7(12)8(13)5-14-6-9(10)11/h2-4,9H,5-6H2,1H3. The first kappa shape index (κ1) is 10.8. The highest BCUT2D eigenvalue weighted by Gasteiger charge is 2.10. The van der Waals surface area contributed by atoms with E-state index >= 15 is 0 Å². The van der Waals surface area contributed by atoms with Gasteiger partial charge in [0.05, 0.1) is 5.69 Å². The van der Waals surface area contributed by atoms with Crippen molar-refractivity contribution in [3.8, 4) is 0 Å². The molecular formula is C9H11F2NO2. The minimum atomic E-state index is -2.53. The van der Waals surface area contributed by atoms with Crippen LogP contribution in [0.5, 0.6) is 0 Å². The Hall–Kier alpha value is -1.23. The Balaban J connectivity index is 2.40. The zero-order chi connectivity index (χ0) is 10.6. The highest BCUT2D eigenvalue weighted by Crippen LogP contribution is 2.02. The lowest BCUT2D eigenvalue weighted by molar-refractivity contribution is 0.0193. The van der Waals surface area contributed by atoms with Crippen LogP contribution in [0.1, 0.15) is 10.5 Å². The molecule has 0 saturated heterocycles. The molecule has 1 rings (SSSR count). The van der Waals surface area contributed by atoms with Crippen LogP contribution in [-0.2, 0) is 11.8 Å². The average molecular weight is 203 g/mol. The summed E-state index contributed by atoms with van der Waals surface area (Å²) in [6, 6.07) is 3.33. The lowest BCUT2D eigenvalue weighted by Gasteiger charge is -2.03. The van der Waals surface area contributed by atoms with Crippen LogP contribution in [0.25, 0.3) is 0 Å². The number of aryl methyl sites for hydroxylation is 1. The topological polar surface area (TPSA) is 31.2 Å². The largest absolute Gasteiger partial charge is 0.367 e. The SMILES string of the molecule is Cn1cccc1C(=O)COCC(F)F. The summed E-state index contributed by atoms with van der Waals surface area (Å²) < 4.78 is 29.5. The Bertz CT molecular complexity index is 310. The molecule has 0 aliphatic heterocycles. The average Bonchev–Trinajstić information content (AvgIpc) is 2.50. The molecule has 0 radical (unpaired) electrons. The Morgan fingerprint density at radius 3 is 2.86 bits per heavy atom. The van der Waals surface area contributed by atoms with E-state index in [1.165, 1.54) is 0 Å². The van der Waals surface area contributed by atoms with Crippen molar-refractivity contribution in [3.05, 3.63) is 24.0 Å². The van der Waals surface area contributed by atoms with Crippen molar-refractivity contribution in [2.45, 2.75) is 6.43 Å². The number of Topliss-reactive ketones (excluding diaryl/α,β-unsaturated/α-hetero) is 1. The molecule has 78 valence electrons. The second-order valence-corrected chi connectivity index (χ2v) is 2.83. The van der Waals surface area contributed by atoms with E-state index in [9.17, 15) is 13.6 Å². The summed E-state index contributed by atoms with van der Waals surface area (Å²) in [6.07, 6.45) is -0.823. The molecule has 0 N–H and O–H groups in total. The summed E-state index contributed by atoms with van der Waals surface area (Å²) in [4.78, 5) is 11.3. The van der Waals surface area contributed by atoms with Crippen LogP contribution in [0, 0.1) is 0 Å². The van der Waals surface area contributed by atoms with Gasteiger partial charge in [-0.05, 0) is 12.1 Å². The minimum Gasteiger partial charge on any atom is -0.367 e. The van der Waals surface area contributed by atoms with Crippen molar-refractivity contribution in [3.63, 3.8) is 0 Å². The Labute approximate surface area is 80.3 Å². The Morgan fingerprint density at radius 1 is 1.64 bits per heavy atom. The summed E-state index contributed by atoms with van der Waals surface area (Å²) in [5.41, 5.74) is 0.458. The Morgan fingerprint density at radius 2 is 2.36 bits per heavy atom. The van der Waals surface area contributed by atoms with Crippen LogP contribution in [0.15, 0.2) is 18.3 Å². The third-order valence-corrected chi connectivity index (χ3v) is 1.71. The highest BCUT2D eigenvalue weighted by molar-refractivity contribution is 5.95. The molecule has 1 heterocycles. The number of hydrogen-bond acceptors (Lipinski definition) is 2. The van der Waals surface area contributed by atoms with Gasteiger partial charge in [0.25, 0.3) is 6.43 Å². The van der Waals surface area contributed by atoms with Crippen molar-refractivity contribution in [1.82, 2.24) is 4.57 Å². The molecule has 0 spiro atoms. The molecule has 0 unspecified atom stereocenters. The van der Waals surface area contributed by atoms with Gasteiger partial charge in [0.1, 0.15) is 13.2 Å². The zero-order valence-electron chi connectivity index (χ0n) is 7.74. The van der Waals surface area contributed by atoms with Crippen molar-refractivity contribution < 1.29 is 18.3 Å². The van der Waals surface area contributed by atoms with Gasteiger partial charge in [-0.1, -0.05) is 0 Å². The molecule has 0 fully saturated rings. The molecule has 0 amide bonds. The second-order valence-electron chi connectivity index (χ2n) is 2.83. The Kier molecular flexibility index (Phi) is 3.76. The predicted molar refractivity (Wildman–Crippen MR) is 46.6 cm³/mol. The lowest BCUT2D eigenvalue weighted by atomic mass is 10.3. The smallest absolute Gasteiger partial charge is 0.261 e. The lowest BCUT2D eigenvalue weighted by Crippen LogP contribution is -2.15. The molecule has 3 nitrogen and oxygen atoms in total. The number of aromatic nitrogens is 1. The molecule has 1 aromatic rings. The maximum absolute atomic E-state index is 11.7. The number of alkyl halides is 2. The summed E-state index contributed by atoms with van der Waals surface area (Å²) in [5, 5.41) is 0. The number of carbonyl (C=O) groups is 1. The normalized spacial score (nSPS) is 10.9. The van der Waals surface area contributed by atoms with Crippen molar-refractivity contribution in [2.24, 2.45) is 7.05 Å². The maximum atomic E-state index is 11.7. The maximum Gasteiger partial charge on any atom is 0.261 e. The quantitative estimate of drug-likeness (QED) is 0.679. The van der Waals surface area contributed by atoms with Crippen LogP contribution in [0.2, 0.25) is 0 Å². The molecular weight excluding hydrogens is 192 g/mol. The van der Waals surface area contributed by atoms with Crippen LogP contribution in [-0.4, -0.2) is 30.0 Å². The van der Waals surface area contributed by atoms with Gasteiger partial charge >= 0.3 is 0 Å². The third-order valence-electron chi connectivity index (χ3n) is 1.71. The van der Waals surface area contributed by atoms with E-state index in [0.717, 1.165) is 0 Å². The summed E-state index contributed by atoms with van der Waals surface area (Å²) in [7, 11) is 1.71. The monoisotopic (exact) mass is 203 g/mol. The molecule has 0 aromatic carbocycles. The molecule has 1 aromatic heterocycles. The van der Waals surface area contributed by atoms with E-state index in [0.29, 0.717) is 5.69 Å². The first-order valence-electron chi connectivity index (χ1n) is 4.11. The molecule has 0 saturated carbocycles. The first-order chi connectivity index (χ1) is 6.61. The van der Waals surface area contributed by atoms with Crippen molar-refractivity contribution >= 4 is 5.78 Å². The van der Waals surface area contributed by atoms with Crippen LogP contribution < -0.4 is 0 Å². The van der Waals surface area contributed by atoms with Gasteiger partial charge in [-0.15, -0.1) is 0 Å². The van der Waals surface area contributed by atoms with E-state index in [1.54, 1.807) is 29.9 Å². The number of halogens is 2. The fourth-order valence-corrected chi connectivity index (χ4v) is 1.07. The van der Waals surface area contributed by atoms with Crippen molar-refractivity contribution in [1.29, 1.82) is 0 Å². The van der Waals surface area contributed by atoms with Gasteiger partial charge in [-0.3, -0.25) is 4.79 Å². The summed E-state index contributed by atoms with van der Waals surface area (Å²) >= 11 is 0.